The third-order valence-electron chi connectivity index (χ3n) is 4.83. The topological polar surface area (TPSA) is 68.3 Å². The van der Waals surface area contributed by atoms with Crippen LogP contribution in [0.1, 0.15) is 32.1 Å². The molecule has 3 aromatic rings. The fourth-order valence-electron chi connectivity index (χ4n) is 3.21. The summed E-state index contributed by atoms with van der Waals surface area (Å²) in [6.07, 6.45) is 2.43. The zero-order valence-corrected chi connectivity index (χ0v) is 18.1. The summed E-state index contributed by atoms with van der Waals surface area (Å²) in [6, 6.07) is 12.7. The van der Waals surface area contributed by atoms with Crippen molar-refractivity contribution in [2.75, 3.05) is 11.9 Å². The number of hydrogen-bond donors (Lipinski definition) is 1. The van der Waals surface area contributed by atoms with E-state index in [4.69, 9.17) is 16.3 Å². The van der Waals surface area contributed by atoms with Crippen molar-refractivity contribution in [1.29, 1.82) is 0 Å². The molecule has 4 rings (SSSR count). The van der Waals surface area contributed by atoms with Gasteiger partial charge in [0.2, 0.25) is 0 Å². The Labute approximate surface area is 183 Å². The van der Waals surface area contributed by atoms with Crippen molar-refractivity contribution in [2.45, 2.75) is 20.3 Å². The lowest BCUT2D eigenvalue weighted by atomic mass is 10.1. The van der Waals surface area contributed by atoms with E-state index in [-0.39, 0.29) is 18.3 Å². The molecule has 0 atom stereocenters. The second-order valence-electron chi connectivity index (χ2n) is 7.05. The van der Waals surface area contributed by atoms with Gasteiger partial charge in [0.1, 0.15) is 5.75 Å². The van der Waals surface area contributed by atoms with Crippen LogP contribution < -0.4 is 10.1 Å². The van der Waals surface area contributed by atoms with E-state index in [1.165, 1.54) is 11.3 Å². The molecule has 0 bridgehead atoms. The number of thiazole rings is 1. The first-order valence-electron chi connectivity index (χ1n) is 9.39. The summed E-state index contributed by atoms with van der Waals surface area (Å²) in [4.78, 5) is 30.1. The standard InChI is InChI=1S/C23H19ClN2O3S/c1-13-14(2)30-23(25-13)26-21(27)12-29-19-5-3-4-15(9-19)8-17-10-16-6-7-18(24)11-20(16)22(17)28/h3-9,11H,10,12H2,1-2H3,(H,25,26,27)/b17-8+. The first-order valence-corrected chi connectivity index (χ1v) is 10.6. The van der Waals surface area contributed by atoms with Gasteiger partial charge in [-0.15, -0.1) is 11.3 Å². The van der Waals surface area contributed by atoms with E-state index in [0.717, 1.165) is 21.7 Å². The van der Waals surface area contributed by atoms with Crippen LogP contribution in [0, 0.1) is 13.8 Å². The van der Waals surface area contributed by atoms with Crippen LogP contribution in [0.2, 0.25) is 5.02 Å². The number of aryl methyl sites for hydroxylation is 2. The minimum atomic E-state index is -0.272. The summed E-state index contributed by atoms with van der Waals surface area (Å²) in [6.45, 7) is 3.74. The Morgan fingerprint density at radius 2 is 2.10 bits per heavy atom. The maximum Gasteiger partial charge on any atom is 0.264 e. The number of nitrogens with zero attached hydrogens (tertiary/aromatic N) is 1. The Morgan fingerprint density at radius 1 is 1.27 bits per heavy atom. The Morgan fingerprint density at radius 3 is 2.87 bits per heavy atom. The molecular formula is C23H19ClN2O3S. The molecule has 0 radical (unpaired) electrons. The molecular weight excluding hydrogens is 420 g/mol. The van der Waals surface area contributed by atoms with Gasteiger partial charge in [0.05, 0.1) is 5.69 Å². The number of nitrogens with one attached hydrogen (secondary N) is 1. The molecule has 1 aliphatic rings. The molecule has 0 saturated carbocycles. The fourth-order valence-corrected chi connectivity index (χ4v) is 4.22. The van der Waals surface area contributed by atoms with Gasteiger partial charge in [0.25, 0.3) is 5.91 Å². The van der Waals surface area contributed by atoms with Gasteiger partial charge in [-0.1, -0.05) is 29.8 Å². The molecule has 0 saturated heterocycles. The number of anilines is 1. The number of ketones is 1. The highest BCUT2D eigenvalue weighted by Crippen LogP contribution is 2.30. The minimum absolute atomic E-state index is 0.00719. The van der Waals surface area contributed by atoms with Gasteiger partial charge in [0.15, 0.2) is 17.5 Å². The largest absolute Gasteiger partial charge is 0.484 e. The van der Waals surface area contributed by atoms with Gasteiger partial charge in [-0.3, -0.25) is 14.9 Å². The molecule has 2 aromatic carbocycles. The summed E-state index contributed by atoms with van der Waals surface area (Å²) in [7, 11) is 0. The molecule has 30 heavy (non-hydrogen) atoms. The third kappa shape index (κ3) is 4.45. The molecule has 5 nitrogen and oxygen atoms in total. The SMILES string of the molecule is Cc1nc(NC(=O)COc2cccc(/C=C3\Cc4ccc(Cl)cc4C3=O)c2)sc1C. The average Bonchev–Trinajstić information content (AvgIpc) is 3.19. The maximum atomic E-state index is 12.6. The number of carbonyl (C=O) groups is 2. The number of halogens is 1. The molecule has 7 heteroatoms. The molecule has 0 unspecified atom stereocenters. The smallest absolute Gasteiger partial charge is 0.264 e. The minimum Gasteiger partial charge on any atom is -0.484 e. The van der Waals surface area contributed by atoms with E-state index >= 15 is 0 Å². The average molecular weight is 439 g/mol. The van der Waals surface area contributed by atoms with Crippen LogP contribution in [-0.4, -0.2) is 23.3 Å². The zero-order valence-electron chi connectivity index (χ0n) is 16.5. The number of hydrogen-bond acceptors (Lipinski definition) is 5. The van der Waals surface area contributed by atoms with E-state index in [9.17, 15) is 9.59 Å². The van der Waals surface area contributed by atoms with Gasteiger partial charge >= 0.3 is 0 Å². The Kier molecular flexibility index (Phi) is 5.70. The summed E-state index contributed by atoms with van der Waals surface area (Å²) in [5, 5.41) is 3.87. The number of aromatic nitrogens is 1. The summed E-state index contributed by atoms with van der Waals surface area (Å²) >= 11 is 7.45. The lowest BCUT2D eigenvalue weighted by molar-refractivity contribution is -0.118. The van der Waals surface area contributed by atoms with E-state index in [0.29, 0.717) is 33.5 Å². The zero-order chi connectivity index (χ0) is 21.3. The van der Waals surface area contributed by atoms with E-state index in [1.807, 2.05) is 38.1 Å². The van der Waals surface area contributed by atoms with Crippen molar-refractivity contribution >= 4 is 45.8 Å². The van der Waals surface area contributed by atoms with Crippen LogP contribution in [-0.2, 0) is 11.2 Å². The predicted molar refractivity (Wildman–Crippen MR) is 120 cm³/mol. The highest BCUT2D eigenvalue weighted by molar-refractivity contribution is 7.15. The van der Waals surface area contributed by atoms with E-state index in [1.54, 1.807) is 24.3 Å². The van der Waals surface area contributed by atoms with Gasteiger partial charge in [-0.2, -0.15) is 0 Å². The molecule has 0 spiro atoms. The highest BCUT2D eigenvalue weighted by atomic mass is 35.5. The second kappa shape index (κ2) is 8.42. The fraction of sp³-hybridized carbons (Fsp3) is 0.174. The van der Waals surface area contributed by atoms with Gasteiger partial charge in [-0.05, 0) is 55.3 Å². The van der Waals surface area contributed by atoms with E-state index < -0.39 is 0 Å². The number of rotatable bonds is 5. The summed E-state index contributed by atoms with van der Waals surface area (Å²) in [5.41, 5.74) is 4.08. The molecule has 152 valence electrons. The lowest BCUT2D eigenvalue weighted by Crippen LogP contribution is -2.20. The Bertz CT molecular complexity index is 1160. The third-order valence-corrected chi connectivity index (χ3v) is 6.06. The number of fused-ring (bicyclic) bond motifs is 1. The van der Waals surface area contributed by atoms with Crippen molar-refractivity contribution in [1.82, 2.24) is 4.98 Å². The van der Waals surface area contributed by atoms with Crippen molar-refractivity contribution in [2.24, 2.45) is 0 Å². The number of ether oxygens (including phenoxy) is 1. The number of amides is 1. The van der Waals surface area contributed by atoms with Gasteiger partial charge in [-0.25, -0.2) is 4.98 Å². The number of allylic oxidation sites excluding steroid dienone is 1. The van der Waals surface area contributed by atoms with Crippen LogP contribution in [0.15, 0.2) is 48.0 Å². The predicted octanol–water partition coefficient (Wildman–Crippen LogP) is 5.25. The van der Waals surface area contributed by atoms with Gasteiger partial charge < -0.3 is 4.74 Å². The van der Waals surface area contributed by atoms with E-state index in [2.05, 4.69) is 10.3 Å². The second-order valence-corrected chi connectivity index (χ2v) is 8.69. The molecule has 0 fully saturated rings. The van der Waals surface area contributed by atoms with Crippen LogP contribution in [0.25, 0.3) is 6.08 Å². The molecule has 1 aromatic heterocycles. The quantitative estimate of drug-likeness (QED) is 0.552. The Hall–Kier alpha value is -2.96. The monoisotopic (exact) mass is 438 g/mol. The lowest BCUT2D eigenvalue weighted by Gasteiger charge is -2.07. The summed E-state index contributed by atoms with van der Waals surface area (Å²) < 4.78 is 5.62. The van der Waals surface area contributed by atoms with Crippen LogP contribution >= 0.6 is 22.9 Å². The van der Waals surface area contributed by atoms with Gasteiger partial charge in [0, 0.05) is 27.5 Å². The molecule has 0 aliphatic heterocycles. The molecule has 1 N–H and O–H groups in total. The Balaban J connectivity index is 1.41. The van der Waals surface area contributed by atoms with Crippen LogP contribution in [0.5, 0.6) is 5.75 Å². The summed E-state index contributed by atoms with van der Waals surface area (Å²) in [5.74, 6) is 0.273. The number of carbonyl (C=O) groups excluding carboxylic acids is 2. The first-order chi connectivity index (χ1) is 14.4. The molecule has 1 amide bonds. The van der Waals surface area contributed by atoms with Crippen molar-refractivity contribution in [3.05, 3.63) is 80.3 Å². The van der Waals surface area contributed by atoms with Crippen molar-refractivity contribution < 1.29 is 14.3 Å². The number of Topliss-reactive ketones (excluding diaryl/α,β-unsaturated/α-hetero) is 1. The maximum absolute atomic E-state index is 12.6. The van der Waals surface area contributed by atoms with Crippen LogP contribution in [0.3, 0.4) is 0 Å². The highest BCUT2D eigenvalue weighted by Gasteiger charge is 2.24. The normalized spacial score (nSPS) is 14.1. The van der Waals surface area contributed by atoms with Crippen LogP contribution in [0.4, 0.5) is 5.13 Å². The molecule has 1 aliphatic carbocycles. The number of benzene rings is 2. The first kappa shape index (κ1) is 20.3. The van der Waals surface area contributed by atoms with Crippen molar-refractivity contribution in [3.63, 3.8) is 0 Å². The van der Waals surface area contributed by atoms with Crippen molar-refractivity contribution in [3.8, 4) is 5.75 Å². The molecule has 1 heterocycles.